The Bertz CT molecular complexity index is 806. The second-order valence-electron chi connectivity index (χ2n) is 4.03. The number of hydrogen-bond acceptors (Lipinski definition) is 5. The van der Waals surface area contributed by atoms with E-state index < -0.39 is 0 Å². The van der Waals surface area contributed by atoms with Crippen LogP contribution in [0.2, 0.25) is 0 Å². The lowest BCUT2D eigenvalue weighted by Gasteiger charge is -2.04. The summed E-state index contributed by atoms with van der Waals surface area (Å²) >= 11 is 0. The van der Waals surface area contributed by atoms with Crippen molar-refractivity contribution < 1.29 is 14.6 Å². The molecule has 0 spiro atoms. The molecule has 0 aliphatic rings. The molecule has 5 heteroatoms. The van der Waals surface area contributed by atoms with E-state index in [2.05, 4.69) is 4.98 Å². The van der Waals surface area contributed by atoms with Crippen LogP contribution in [0.4, 0.5) is 0 Å². The van der Waals surface area contributed by atoms with Gasteiger partial charge >= 0.3 is 0 Å². The van der Waals surface area contributed by atoms with Crippen LogP contribution in [0.5, 0.6) is 11.6 Å². The van der Waals surface area contributed by atoms with Crippen molar-refractivity contribution in [3.8, 4) is 23.0 Å². The molecular weight excluding hydrogens is 246 g/mol. The van der Waals surface area contributed by atoms with Gasteiger partial charge in [0, 0.05) is 23.9 Å². The van der Waals surface area contributed by atoms with Crippen molar-refractivity contribution in [1.29, 1.82) is 0 Å². The normalized spacial score (nSPS) is 10.7. The molecule has 3 aromatic rings. The number of rotatable bonds is 1. The summed E-state index contributed by atoms with van der Waals surface area (Å²) in [6.07, 6.45) is 1.39. The monoisotopic (exact) mass is 255 g/mol. The van der Waals surface area contributed by atoms with Crippen molar-refractivity contribution in [2.75, 3.05) is 0 Å². The van der Waals surface area contributed by atoms with Gasteiger partial charge in [-0.25, -0.2) is 4.98 Å². The highest BCUT2D eigenvalue weighted by atomic mass is 16.4. The minimum Gasteiger partial charge on any atom is -0.504 e. The van der Waals surface area contributed by atoms with Gasteiger partial charge in [-0.3, -0.25) is 4.79 Å². The predicted octanol–water partition coefficient (Wildman–Crippen LogP) is 2.27. The minimum absolute atomic E-state index is 0.0943. The van der Waals surface area contributed by atoms with Crippen LogP contribution in [0.25, 0.3) is 22.3 Å². The summed E-state index contributed by atoms with van der Waals surface area (Å²) < 4.78 is 5.53. The highest BCUT2D eigenvalue weighted by Gasteiger charge is 2.10. The molecule has 94 valence electrons. The third-order valence-corrected chi connectivity index (χ3v) is 2.77. The summed E-state index contributed by atoms with van der Waals surface area (Å²) in [5.41, 5.74) is 0.429. The number of benzene rings is 1. The zero-order valence-electron chi connectivity index (χ0n) is 9.70. The Morgan fingerprint density at radius 2 is 1.95 bits per heavy atom. The molecule has 0 saturated carbocycles. The van der Waals surface area contributed by atoms with Crippen LogP contribution in [0, 0.1) is 0 Å². The summed E-state index contributed by atoms with van der Waals surface area (Å²) in [6.45, 7) is 0. The lowest BCUT2D eigenvalue weighted by molar-refractivity contribution is 0.453. The first-order valence-electron chi connectivity index (χ1n) is 5.56. The molecule has 3 rings (SSSR count). The molecule has 2 heterocycles. The number of aromatic nitrogens is 1. The molecular formula is C14H9NO4. The first-order valence-corrected chi connectivity index (χ1v) is 5.56. The van der Waals surface area contributed by atoms with Gasteiger partial charge in [0.15, 0.2) is 16.8 Å². The van der Waals surface area contributed by atoms with E-state index in [0.717, 1.165) is 0 Å². The Labute approximate surface area is 107 Å². The van der Waals surface area contributed by atoms with E-state index in [1.807, 2.05) is 0 Å². The number of pyridine rings is 1. The zero-order valence-corrected chi connectivity index (χ0v) is 9.70. The van der Waals surface area contributed by atoms with Crippen LogP contribution in [-0.4, -0.2) is 15.2 Å². The Hall–Kier alpha value is -2.82. The highest BCUT2D eigenvalue weighted by Crippen LogP contribution is 2.27. The molecule has 0 unspecified atom stereocenters. The van der Waals surface area contributed by atoms with E-state index in [0.29, 0.717) is 10.9 Å². The zero-order chi connectivity index (χ0) is 13.4. The van der Waals surface area contributed by atoms with Crippen molar-refractivity contribution in [3.05, 3.63) is 52.8 Å². The maximum absolute atomic E-state index is 12.0. The molecule has 0 saturated heterocycles. The van der Waals surface area contributed by atoms with Gasteiger partial charge in [0.2, 0.25) is 5.88 Å². The maximum Gasteiger partial charge on any atom is 0.210 e. The van der Waals surface area contributed by atoms with E-state index in [-0.39, 0.29) is 28.4 Å². The molecule has 1 aromatic carbocycles. The fourth-order valence-electron chi connectivity index (χ4n) is 1.84. The van der Waals surface area contributed by atoms with Gasteiger partial charge in [-0.05, 0) is 18.2 Å². The van der Waals surface area contributed by atoms with Crippen molar-refractivity contribution in [2.24, 2.45) is 0 Å². The lowest BCUT2D eigenvalue weighted by atomic mass is 10.1. The molecule has 19 heavy (non-hydrogen) atoms. The average Bonchev–Trinajstić information content (AvgIpc) is 2.41. The third-order valence-electron chi connectivity index (χ3n) is 2.77. The first-order chi connectivity index (χ1) is 9.15. The number of para-hydroxylation sites is 1. The smallest absolute Gasteiger partial charge is 0.210 e. The number of phenolic OH excluding ortho intramolecular Hbond substituents is 1. The highest BCUT2D eigenvalue weighted by molar-refractivity contribution is 5.83. The van der Waals surface area contributed by atoms with Gasteiger partial charge in [0.1, 0.15) is 5.76 Å². The van der Waals surface area contributed by atoms with Gasteiger partial charge in [0.05, 0.1) is 5.39 Å². The van der Waals surface area contributed by atoms with E-state index in [1.165, 1.54) is 24.4 Å². The summed E-state index contributed by atoms with van der Waals surface area (Å²) in [6, 6.07) is 8.91. The third kappa shape index (κ3) is 1.91. The number of fused-ring (bicyclic) bond motifs is 1. The fraction of sp³-hybridized carbons (Fsp3) is 0. The van der Waals surface area contributed by atoms with Crippen LogP contribution in [-0.2, 0) is 0 Å². The van der Waals surface area contributed by atoms with Gasteiger partial charge in [-0.1, -0.05) is 6.07 Å². The van der Waals surface area contributed by atoms with Crippen molar-refractivity contribution >= 4 is 11.0 Å². The summed E-state index contributed by atoms with van der Waals surface area (Å²) in [5.74, 6) is 0.0735. The second kappa shape index (κ2) is 4.13. The van der Waals surface area contributed by atoms with Crippen LogP contribution < -0.4 is 5.43 Å². The van der Waals surface area contributed by atoms with E-state index in [4.69, 9.17) is 9.52 Å². The minimum atomic E-state index is -0.250. The van der Waals surface area contributed by atoms with Crippen LogP contribution in [0.1, 0.15) is 0 Å². The van der Waals surface area contributed by atoms with Gasteiger partial charge in [0.25, 0.3) is 0 Å². The second-order valence-corrected chi connectivity index (χ2v) is 4.03. The summed E-state index contributed by atoms with van der Waals surface area (Å²) in [4.78, 5) is 15.7. The Morgan fingerprint density at radius 1 is 1.11 bits per heavy atom. The lowest BCUT2D eigenvalue weighted by Crippen LogP contribution is -2.00. The van der Waals surface area contributed by atoms with Gasteiger partial charge in [-0.15, -0.1) is 0 Å². The molecule has 0 aliphatic heterocycles. The predicted molar refractivity (Wildman–Crippen MR) is 69.0 cm³/mol. The summed E-state index contributed by atoms with van der Waals surface area (Å²) in [5, 5.41) is 19.2. The van der Waals surface area contributed by atoms with Gasteiger partial charge in [-0.2, -0.15) is 0 Å². The topological polar surface area (TPSA) is 83.6 Å². The SMILES string of the molecule is O=c1cc(-c2ccc(O)nc2)oc2c(O)cccc12. The summed E-state index contributed by atoms with van der Waals surface area (Å²) in [7, 11) is 0. The van der Waals surface area contributed by atoms with E-state index in [1.54, 1.807) is 18.2 Å². The van der Waals surface area contributed by atoms with Crippen LogP contribution in [0.3, 0.4) is 0 Å². The quantitative estimate of drug-likeness (QED) is 0.696. The van der Waals surface area contributed by atoms with Crippen molar-refractivity contribution in [1.82, 2.24) is 4.98 Å². The molecule has 0 aliphatic carbocycles. The molecule has 0 radical (unpaired) electrons. The Kier molecular flexibility index (Phi) is 2.45. The van der Waals surface area contributed by atoms with E-state index in [9.17, 15) is 9.90 Å². The van der Waals surface area contributed by atoms with E-state index >= 15 is 0 Å². The number of hydrogen-bond donors (Lipinski definition) is 2. The molecule has 0 fully saturated rings. The molecule has 0 amide bonds. The molecule has 0 bridgehead atoms. The number of nitrogens with zero attached hydrogens (tertiary/aromatic N) is 1. The maximum atomic E-state index is 12.0. The largest absolute Gasteiger partial charge is 0.504 e. The molecule has 0 atom stereocenters. The van der Waals surface area contributed by atoms with Crippen molar-refractivity contribution in [3.63, 3.8) is 0 Å². The Balaban J connectivity index is 2.29. The van der Waals surface area contributed by atoms with Gasteiger partial charge < -0.3 is 14.6 Å². The molecule has 2 N–H and O–H groups in total. The van der Waals surface area contributed by atoms with Crippen LogP contribution in [0.15, 0.2) is 51.8 Å². The Morgan fingerprint density at radius 3 is 2.68 bits per heavy atom. The first kappa shape index (κ1) is 11.3. The van der Waals surface area contributed by atoms with Crippen molar-refractivity contribution in [2.45, 2.75) is 0 Å². The molecule has 2 aromatic heterocycles. The number of aromatic hydroxyl groups is 2. The standard InChI is InChI=1S/C14H9NO4/c16-10-3-1-2-9-11(17)6-12(19-14(9)10)8-4-5-13(18)15-7-8/h1-7,16H,(H,15,18). The molecule has 5 nitrogen and oxygen atoms in total. The number of phenols is 1. The fourth-order valence-corrected chi connectivity index (χ4v) is 1.84. The average molecular weight is 255 g/mol. The van der Waals surface area contributed by atoms with Crippen LogP contribution >= 0.6 is 0 Å².